The van der Waals surface area contributed by atoms with Crippen LogP contribution in [0, 0.1) is 6.92 Å². The zero-order valence-electron chi connectivity index (χ0n) is 12.9. The van der Waals surface area contributed by atoms with E-state index >= 15 is 0 Å². The van der Waals surface area contributed by atoms with Crippen molar-refractivity contribution in [3.8, 4) is 10.6 Å². The molecule has 120 valence electrons. The average molecular weight is 338 g/mol. The third-order valence-electron chi connectivity index (χ3n) is 3.60. The maximum atomic E-state index is 5.15. The van der Waals surface area contributed by atoms with E-state index in [1.165, 1.54) is 6.33 Å². The Morgan fingerprint density at radius 3 is 2.96 bits per heavy atom. The standard InChI is InChI=1S/C16H14N6OS/c1-10-13-14(19-9-20-15(13)23-22-10)18-7-4-12-8-24-16(21-12)11-2-5-17-6-3-11/h2-3,5-6,8-9H,4,7H2,1H3,(H,18,19,20). The van der Waals surface area contributed by atoms with E-state index in [-0.39, 0.29) is 0 Å². The molecule has 0 aliphatic heterocycles. The molecule has 0 saturated carbocycles. The highest BCUT2D eigenvalue weighted by Crippen LogP contribution is 2.24. The summed E-state index contributed by atoms with van der Waals surface area (Å²) in [6, 6.07) is 3.93. The molecule has 24 heavy (non-hydrogen) atoms. The van der Waals surface area contributed by atoms with Crippen LogP contribution < -0.4 is 5.32 Å². The Bertz CT molecular complexity index is 965. The van der Waals surface area contributed by atoms with E-state index < -0.39 is 0 Å². The quantitative estimate of drug-likeness (QED) is 0.598. The van der Waals surface area contributed by atoms with Gasteiger partial charge in [0.15, 0.2) is 0 Å². The smallest absolute Gasteiger partial charge is 0.263 e. The fourth-order valence-corrected chi connectivity index (χ4v) is 3.27. The van der Waals surface area contributed by atoms with Gasteiger partial charge in [0.05, 0.1) is 11.4 Å². The highest BCUT2D eigenvalue weighted by atomic mass is 32.1. The molecule has 0 aliphatic rings. The zero-order valence-corrected chi connectivity index (χ0v) is 13.7. The van der Waals surface area contributed by atoms with Crippen LogP contribution in [0.1, 0.15) is 11.4 Å². The fraction of sp³-hybridized carbons (Fsp3) is 0.188. The summed E-state index contributed by atoms with van der Waals surface area (Å²) >= 11 is 1.64. The summed E-state index contributed by atoms with van der Waals surface area (Å²) in [4.78, 5) is 17.0. The highest BCUT2D eigenvalue weighted by Gasteiger charge is 2.11. The molecule has 8 heteroatoms. The lowest BCUT2D eigenvalue weighted by Crippen LogP contribution is -2.07. The van der Waals surface area contributed by atoms with Crippen molar-refractivity contribution in [3.05, 3.63) is 47.6 Å². The van der Waals surface area contributed by atoms with E-state index in [1.807, 2.05) is 19.1 Å². The predicted octanol–water partition coefficient (Wildman–Crippen LogP) is 3.10. The summed E-state index contributed by atoms with van der Waals surface area (Å²) in [5.74, 6) is 0.739. The summed E-state index contributed by atoms with van der Waals surface area (Å²) in [6.45, 7) is 2.60. The lowest BCUT2D eigenvalue weighted by atomic mass is 10.2. The second-order valence-corrected chi connectivity index (χ2v) is 6.09. The van der Waals surface area contributed by atoms with Crippen molar-refractivity contribution < 1.29 is 4.52 Å². The van der Waals surface area contributed by atoms with Gasteiger partial charge in [-0.1, -0.05) is 5.16 Å². The number of pyridine rings is 1. The fourth-order valence-electron chi connectivity index (χ4n) is 2.41. The lowest BCUT2D eigenvalue weighted by Gasteiger charge is -2.04. The van der Waals surface area contributed by atoms with E-state index in [9.17, 15) is 0 Å². The first-order valence-corrected chi connectivity index (χ1v) is 8.35. The van der Waals surface area contributed by atoms with Crippen LogP contribution in [0.5, 0.6) is 0 Å². The van der Waals surface area contributed by atoms with Crippen molar-refractivity contribution in [3.63, 3.8) is 0 Å². The predicted molar refractivity (Wildman–Crippen MR) is 91.9 cm³/mol. The van der Waals surface area contributed by atoms with E-state index in [0.29, 0.717) is 5.71 Å². The van der Waals surface area contributed by atoms with Gasteiger partial charge >= 0.3 is 0 Å². The topological polar surface area (TPSA) is 89.6 Å². The SMILES string of the molecule is Cc1noc2ncnc(NCCc3csc(-c4ccncc4)n3)c12. The molecular formula is C16H14N6OS. The summed E-state index contributed by atoms with van der Waals surface area (Å²) < 4.78 is 5.15. The largest absolute Gasteiger partial charge is 0.369 e. The molecule has 0 spiro atoms. The van der Waals surface area contributed by atoms with E-state index in [1.54, 1.807) is 23.7 Å². The Morgan fingerprint density at radius 1 is 1.21 bits per heavy atom. The van der Waals surface area contributed by atoms with Crippen LogP contribution in [0.2, 0.25) is 0 Å². The Kier molecular flexibility index (Phi) is 3.87. The second-order valence-electron chi connectivity index (χ2n) is 5.23. The molecule has 0 atom stereocenters. The van der Waals surface area contributed by atoms with Crippen LogP contribution in [0.4, 0.5) is 5.82 Å². The molecule has 0 aliphatic carbocycles. The third kappa shape index (κ3) is 2.83. The Labute approximate surface area is 141 Å². The second kappa shape index (κ2) is 6.32. The molecule has 0 bridgehead atoms. The van der Waals surface area contributed by atoms with Crippen molar-refractivity contribution in [2.24, 2.45) is 0 Å². The number of anilines is 1. The molecule has 1 N–H and O–H groups in total. The van der Waals surface area contributed by atoms with Crippen molar-refractivity contribution in [2.45, 2.75) is 13.3 Å². The maximum absolute atomic E-state index is 5.15. The number of aryl methyl sites for hydroxylation is 1. The zero-order chi connectivity index (χ0) is 16.4. The van der Waals surface area contributed by atoms with Gasteiger partial charge in [-0.2, -0.15) is 4.98 Å². The molecule has 4 rings (SSSR count). The minimum Gasteiger partial charge on any atom is -0.369 e. The van der Waals surface area contributed by atoms with Crippen LogP contribution in [0.25, 0.3) is 21.7 Å². The first-order chi connectivity index (χ1) is 11.8. The molecular weight excluding hydrogens is 324 g/mol. The van der Waals surface area contributed by atoms with Crippen molar-refractivity contribution in [1.29, 1.82) is 0 Å². The van der Waals surface area contributed by atoms with Gasteiger partial charge in [0.1, 0.15) is 22.5 Å². The molecule has 0 fully saturated rings. The first kappa shape index (κ1) is 14.7. The molecule has 0 aromatic carbocycles. The minimum absolute atomic E-state index is 0.499. The summed E-state index contributed by atoms with van der Waals surface area (Å²) in [7, 11) is 0. The number of rotatable bonds is 5. The lowest BCUT2D eigenvalue weighted by molar-refractivity contribution is 0.442. The van der Waals surface area contributed by atoms with Gasteiger partial charge in [0, 0.05) is 36.3 Å². The van der Waals surface area contributed by atoms with Crippen molar-refractivity contribution in [2.75, 3.05) is 11.9 Å². The molecule has 0 unspecified atom stereocenters. The Morgan fingerprint density at radius 2 is 2.08 bits per heavy atom. The van der Waals surface area contributed by atoms with Gasteiger partial charge < -0.3 is 9.84 Å². The molecule has 0 saturated heterocycles. The highest BCUT2D eigenvalue weighted by molar-refractivity contribution is 7.13. The molecule has 0 radical (unpaired) electrons. The summed E-state index contributed by atoms with van der Waals surface area (Å²) in [5.41, 5.74) is 3.42. The van der Waals surface area contributed by atoms with E-state index in [4.69, 9.17) is 4.52 Å². The van der Waals surface area contributed by atoms with Crippen LogP contribution in [-0.2, 0) is 6.42 Å². The number of nitrogens with one attached hydrogen (secondary N) is 1. The maximum Gasteiger partial charge on any atom is 0.263 e. The normalized spacial score (nSPS) is 11.0. The number of fused-ring (bicyclic) bond motifs is 1. The van der Waals surface area contributed by atoms with E-state index in [2.05, 4.69) is 35.8 Å². The average Bonchev–Trinajstić information content (AvgIpc) is 3.24. The number of hydrogen-bond donors (Lipinski definition) is 1. The summed E-state index contributed by atoms with van der Waals surface area (Å²) in [5, 5.41) is 11.2. The number of thiazole rings is 1. The van der Waals surface area contributed by atoms with Crippen LogP contribution >= 0.6 is 11.3 Å². The van der Waals surface area contributed by atoms with E-state index in [0.717, 1.165) is 46.1 Å². The summed E-state index contributed by atoms with van der Waals surface area (Å²) in [6.07, 6.45) is 5.83. The van der Waals surface area contributed by atoms with Gasteiger partial charge in [-0.05, 0) is 19.1 Å². The molecule has 4 heterocycles. The Balaban J connectivity index is 1.44. The van der Waals surface area contributed by atoms with Crippen LogP contribution in [0.3, 0.4) is 0 Å². The monoisotopic (exact) mass is 338 g/mol. The van der Waals surface area contributed by atoms with Gasteiger partial charge in [0.2, 0.25) is 0 Å². The van der Waals surface area contributed by atoms with Crippen molar-refractivity contribution >= 4 is 28.3 Å². The van der Waals surface area contributed by atoms with Crippen LogP contribution in [-0.4, -0.2) is 31.6 Å². The first-order valence-electron chi connectivity index (χ1n) is 7.47. The number of nitrogens with zero attached hydrogens (tertiary/aromatic N) is 5. The van der Waals surface area contributed by atoms with Gasteiger partial charge in [-0.3, -0.25) is 4.98 Å². The number of aromatic nitrogens is 5. The molecule has 7 nitrogen and oxygen atoms in total. The van der Waals surface area contributed by atoms with Gasteiger partial charge in [-0.15, -0.1) is 11.3 Å². The molecule has 4 aromatic rings. The van der Waals surface area contributed by atoms with Gasteiger partial charge in [-0.25, -0.2) is 9.97 Å². The van der Waals surface area contributed by atoms with Gasteiger partial charge in [0.25, 0.3) is 5.71 Å². The molecule has 4 aromatic heterocycles. The third-order valence-corrected chi connectivity index (χ3v) is 4.54. The van der Waals surface area contributed by atoms with Crippen molar-refractivity contribution in [1.82, 2.24) is 25.1 Å². The Hall–Kier alpha value is -2.87. The minimum atomic E-state index is 0.499. The number of hydrogen-bond acceptors (Lipinski definition) is 8. The van der Waals surface area contributed by atoms with Crippen LogP contribution in [0.15, 0.2) is 40.8 Å². The molecule has 0 amide bonds.